The minimum Gasteiger partial charge on any atom is -0.338 e. The van der Waals surface area contributed by atoms with Crippen molar-refractivity contribution in [1.82, 2.24) is 9.88 Å². The highest BCUT2D eigenvalue weighted by Crippen LogP contribution is 2.10. The molecule has 98 valence electrons. The molecule has 0 N–H and O–H groups in total. The fraction of sp³-hybridized carbons (Fsp3) is 0.455. The lowest BCUT2D eigenvalue weighted by Gasteiger charge is -2.19. The first-order valence-electron chi connectivity index (χ1n) is 5.59. The third-order valence-electron chi connectivity index (χ3n) is 2.82. The Morgan fingerprint density at radius 3 is 2.72 bits per heavy atom. The molecule has 1 aliphatic heterocycles. The minimum absolute atomic E-state index is 0.0205. The van der Waals surface area contributed by atoms with E-state index in [1.807, 2.05) is 0 Å². The van der Waals surface area contributed by atoms with Gasteiger partial charge in [-0.1, -0.05) is 0 Å². The monoisotopic (exact) mass is 272 g/mol. The van der Waals surface area contributed by atoms with Crippen LogP contribution in [0.1, 0.15) is 16.8 Å². The number of halogens is 1. The summed E-state index contributed by atoms with van der Waals surface area (Å²) in [6, 6.07) is 2.46. The molecule has 1 aromatic heterocycles. The highest BCUT2D eigenvalue weighted by Gasteiger charge is 2.23. The van der Waals surface area contributed by atoms with E-state index < -0.39 is 15.8 Å². The SMILES string of the molecule is O=C(c1ccc(F)nc1)N1CCCS(=O)(=O)CC1. The maximum atomic E-state index is 12.6. The van der Waals surface area contributed by atoms with E-state index in [1.54, 1.807) is 0 Å². The second kappa shape index (κ2) is 5.01. The van der Waals surface area contributed by atoms with Crippen molar-refractivity contribution in [3.63, 3.8) is 0 Å². The highest BCUT2D eigenvalue weighted by molar-refractivity contribution is 7.91. The van der Waals surface area contributed by atoms with Crippen LogP contribution in [0.4, 0.5) is 4.39 Å². The average molecular weight is 272 g/mol. The Kier molecular flexibility index (Phi) is 3.60. The standard InChI is InChI=1S/C11H13FN2O3S/c12-10-3-2-9(8-13-10)11(15)14-4-1-6-18(16,17)7-5-14/h2-3,8H,1,4-7H2. The van der Waals surface area contributed by atoms with E-state index in [1.165, 1.54) is 11.0 Å². The summed E-state index contributed by atoms with van der Waals surface area (Å²) in [5, 5.41) is 0. The van der Waals surface area contributed by atoms with Crippen LogP contribution in [0, 0.1) is 5.95 Å². The Hall–Kier alpha value is -1.50. The molecule has 0 radical (unpaired) electrons. The summed E-state index contributed by atoms with van der Waals surface area (Å²) in [6.07, 6.45) is 1.60. The van der Waals surface area contributed by atoms with Crippen LogP contribution in [0.5, 0.6) is 0 Å². The Morgan fingerprint density at radius 2 is 2.06 bits per heavy atom. The molecule has 1 aliphatic rings. The number of hydrogen-bond donors (Lipinski definition) is 0. The third-order valence-corrected chi connectivity index (χ3v) is 4.53. The third kappa shape index (κ3) is 3.04. The maximum absolute atomic E-state index is 12.6. The number of nitrogens with zero attached hydrogens (tertiary/aromatic N) is 2. The molecule has 5 nitrogen and oxygen atoms in total. The number of hydrogen-bond acceptors (Lipinski definition) is 4. The van der Waals surface area contributed by atoms with Crippen LogP contribution in [-0.2, 0) is 9.84 Å². The molecule has 1 fully saturated rings. The van der Waals surface area contributed by atoms with Crippen LogP contribution in [0.15, 0.2) is 18.3 Å². The van der Waals surface area contributed by atoms with Crippen molar-refractivity contribution < 1.29 is 17.6 Å². The van der Waals surface area contributed by atoms with Gasteiger partial charge in [-0.3, -0.25) is 4.79 Å². The van der Waals surface area contributed by atoms with E-state index in [2.05, 4.69) is 4.98 Å². The van der Waals surface area contributed by atoms with Gasteiger partial charge in [-0.15, -0.1) is 0 Å². The van der Waals surface area contributed by atoms with Crippen LogP contribution in [0.25, 0.3) is 0 Å². The van der Waals surface area contributed by atoms with Crippen molar-refractivity contribution in [3.8, 4) is 0 Å². The first-order valence-corrected chi connectivity index (χ1v) is 7.41. The topological polar surface area (TPSA) is 67.3 Å². The molecule has 2 rings (SSSR count). The Morgan fingerprint density at radius 1 is 1.28 bits per heavy atom. The molecule has 0 unspecified atom stereocenters. The Labute approximate surface area is 105 Å². The zero-order valence-corrected chi connectivity index (χ0v) is 10.5. The number of aromatic nitrogens is 1. The molecule has 2 heterocycles. The second-order valence-electron chi connectivity index (χ2n) is 4.17. The van der Waals surface area contributed by atoms with Gasteiger partial charge in [-0.2, -0.15) is 4.39 Å². The van der Waals surface area contributed by atoms with Crippen LogP contribution in [0.2, 0.25) is 0 Å². The molecule has 0 bridgehead atoms. The quantitative estimate of drug-likeness (QED) is 0.697. The van der Waals surface area contributed by atoms with Crippen LogP contribution >= 0.6 is 0 Å². The van der Waals surface area contributed by atoms with Gasteiger partial charge in [-0.05, 0) is 18.6 Å². The van der Waals surface area contributed by atoms with E-state index in [4.69, 9.17) is 0 Å². The van der Waals surface area contributed by atoms with Crippen molar-refractivity contribution in [1.29, 1.82) is 0 Å². The zero-order chi connectivity index (χ0) is 13.2. The summed E-state index contributed by atoms with van der Waals surface area (Å²) >= 11 is 0. The van der Waals surface area contributed by atoms with Gasteiger partial charge < -0.3 is 4.90 Å². The van der Waals surface area contributed by atoms with Gasteiger partial charge in [-0.25, -0.2) is 13.4 Å². The van der Waals surface area contributed by atoms with Gasteiger partial charge >= 0.3 is 0 Å². The van der Waals surface area contributed by atoms with Gasteiger partial charge in [0.05, 0.1) is 17.1 Å². The largest absolute Gasteiger partial charge is 0.338 e. The van der Waals surface area contributed by atoms with E-state index >= 15 is 0 Å². The first-order chi connectivity index (χ1) is 8.48. The molecule has 1 aromatic rings. The molecule has 1 saturated heterocycles. The highest BCUT2D eigenvalue weighted by atomic mass is 32.2. The Bertz CT molecular complexity index is 542. The van der Waals surface area contributed by atoms with Gasteiger partial charge in [0.25, 0.3) is 5.91 Å². The lowest BCUT2D eigenvalue weighted by molar-refractivity contribution is 0.0768. The fourth-order valence-electron chi connectivity index (χ4n) is 1.83. The van der Waals surface area contributed by atoms with Crippen molar-refractivity contribution in [3.05, 3.63) is 29.8 Å². The van der Waals surface area contributed by atoms with Crippen LogP contribution in [0.3, 0.4) is 0 Å². The number of carbonyl (C=O) groups is 1. The molecule has 0 aliphatic carbocycles. The predicted molar refractivity (Wildman–Crippen MR) is 63.4 cm³/mol. The van der Waals surface area contributed by atoms with E-state index in [0.29, 0.717) is 13.0 Å². The molecule has 0 spiro atoms. The smallest absolute Gasteiger partial charge is 0.255 e. The number of carbonyl (C=O) groups excluding carboxylic acids is 1. The van der Waals surface area contributed by atoms with Gasteiger partial charge in [0.2, 0.25) is 5.95 Å². The Balaban J connectivity index is 2.12. The van der Waals surface area contributed by atoms with Crippen molar-refractivity contribution in [2.24, 2.45) is 0 Å². The molecular formula is C11H13FN2O3S. The molecule has 0 atom stereocenters. The predicted octanol–water partition coefficient (Wildman–Crippen LogP) is 0.481. The fourth-order valence-corrected chi connectivity index (χ4v) is 3.10. The maximum Gasteiger partial charge on any atom is 0.255 e. The second-order valence-corrected chi connectivity index (χ2v) is 6.47. The summed E-state index contributed by atoms with van der Waals surface area (Å²) < 4.78 is 35.5. The minimum atomic E-state index is -3.04. The molecule has 1 amide bonds. The van der Waals surface area contributed by atoms with Crippen molar-refractivity contribution in [2.45, 2.75) is 6.42 Å². The molecule has 7 heteroatoms. The summed E-state index contributed by atoms with van der Waals surface area (Å²) in [4.78, 5) is 16.9. The van der Waals surface area contributed by atoms with Crippen molar-refractivity contribution >= 4 is 15.7 Å². The number of amides is 1. The number of pyridine rings is 1. The molecule has 18 heavy (non-hydrogen) atoms. The van der Waals surface area contributed by atoms with Gasteiger partial charge in [0.15, 0.2) is 9.84 Å². The van der Waals surface area contributed by atoms with E-state index in [0.717, 1.165) is 12.3 Å². The molecule has 0 saturated carbocycles. The van der Waals surface area contributed by atoms with E-state index in [-0.39, 0.29) is 29.5 Å². The summed E-state index contributed by atoms with van der Waals surface area (Å²) in [5.74, 6) is -0.865. The van der Waals surface area contributed by atoms with E-state index in [9.17, 15) is 17.6 Å². The lowest BCUT2D eigenvalue weighted by atomic mass is 10.2. The first kappa shape index (κ1) is 12.9. The normalized spacial score (nSPS) is 19.3. The zero-order valence-electron chi connectivity index (χ0n) is 9.67. The summed E-state index contributed by atoms with van der Waals surface area (Å²) in [7, 11) is -3.04. The summed E-state index contributed by atoms with van der Waals surface area (Å²) in [5.41, 5.74) is 0.274. The van der Waals surface area contributed by atoms with Crippen LogP contribution in [-0.4, -0.2) is 48.8 Å². The van der Waals surface area contributed by atoms with Gasteiger partial charge in [0.1, 0.15) is 0 Å². The average Bonchev–Trinajstić information content (AvgIpc) is 2.50. The summed E-state index contributed by atoms with van der Waals surface area (Å²) in [6.45, 7) is 0.577. The van der Waals surface area contributed by atoms with Gasteiger partial charge in [0, 0.05) is 19.3 Å². The molecular weight excluding hydrogens is 259 g/mol. The molecule has 0 aromatic carbocycles. The number of rotatable bonds is 1. The lowest BCUT2D eigenvalue weighted by Crippen LogP contribution is -2.33. The van der Waals surface area contributed by atoms with Crippen molar-refractivity contribution in [2.75, 3.05) is 24.6 Å². The number of sulfone groups is 1. The van der Waals surface area contributed by atoms with Crippen LogP contribution < -0.4 is 0 Å².